The maximum atomic E-state index is 3.92. The second-order valence-corrected chi connectivity index (χ2v) is 4.63. The van der Waals surface area contributed by atoms with E-state index in [0.717, 1.165) is 12.3 Å². The molecule has 0 saturated carbocycles. The second-order valence-electron chi connectivity index (χ2n) is 4.63. The van der Waals surface area contributed by atoms with Crippen molar-refractivity contribution < 1.29 is 0 Å². The van der Waals surface area contributed by atoms with Crippen molar-refractivity contribution in [1.82, 2.24) is 0 Å². The fourth-order valence-electron chi connectivity index (χ4n) is 2.22. The summed E-state index contributed by atoms with van der Waals surface area (Å²) in [6.07, 6.45) is 3.42. The average Bonchev–Trinajstić information content (AvgIpc) is 2.29. The monoisotopic (exact) mass is 211 g/mol. The van der Waals surface area contributed by atoms with Crippen molar-refractivity contribution in [3.05, 3.63) is 55.0 Å². The van der Waals surface area contributed by atoms with Crippen molar-refractivity contribution in [2.75, 3.05) is 0 Å². The SMILES string of the molecule is [CH2]CCC(C)Cc1ccc2ccccc2c1. The van der Waals surface area contributed by atoms with E-state index in [4.69, 9.17) is 0 Å². The molecule has 0 aliphatic rings. The molecule has 0 aliphatic carbocycles. The Morgan fingerprint density at radius 1 is 1.06 bits per heavy atom. The van der Waals surface area contributed by atoms with Gasteiger partial charge in [-0.25, -0.2) is 0 Å². The molecule has 0 heterocycles. The Morgan fingerprint density at radius 2 is 1.81 bits per heavy atom. The van der Waals surface area contributed by atoms with E-state index in [0.29, 0.717) is 0 Å². The molecule has 1 atom stereocenters. The Hall–Kier alpha value is -1.30. The Balaban J connectivity index is 2.19. The molecule has 0 aliphatic heterocycles. The van der Waals surface area contributed by atoms with Gasteiger partial charge in [-0.15, -0.1) is 0 Å². The third-order valence-electron chi connectivity index (χ3n) is 3.09. The van der Waals surface area contributed by atoms with Gasteiger partial charge in [-0.1, -0.05) is 69.2 Å². The third kappa shape index (κ3) is 2.63. The van der Waals surface area contributed by atoms with Crippen LogP contribution in [0.15, 0.2) is 42.5 Å². The van der Waals surface area contributed by atoms with Gasteiger partial charge in [-0.05, 0) is 28.7 Å². The van der Waals surface area contributed by atoms with E-state index in [1.165, 1.54) is 29.2 Å². The minimum atomic E-state index is 0.735. The first-order chi connectivity index (χ1) is 7.79. The minimum Gasteiger partial charge on any atom is -0.0622 e. The lowest BCUT2D eigenvalue weighted by Gasteiger charge is -2.10. The number of hydrogen-bond donors (Lipinski definition) is 0. The molecule has 2 aromatic carbocycles. The molecule has 16 heavy (non-hydrogen) atoms. The number of hydrogen-bond acceptors (Lipinski definition) is 0. The molecule has 0 bridgehead atoms. The zero-order chi connectivity index (χ0) is 11.4. The Labute approximate surface area is 98.3 Å². The molecule has 2 aromatic rings. The maximum Gasteiger partial charge on any atom is -0.0181 e. The zero-order valence-corrected chi connectivity index (χ0v) is 9.95. The van der Waals surface area contributed by atoms with E-state index < -0.39 is 0 Å². The van der Waals surface area contributed by atoms with E-state index in [1.54, 1.807) is 0 Å². The standard InChI is InChI=1S/C16H19/c1-3-6-13(2)11-14-9-10-15-7-4-5-8-16(15)12-14/h4-5,7-10,12-13H,1,3,6,11H2,2H3. The molecule has 1 unspecified atom stereocenters. The molecule has 2 rings (SSSR count). The number of rotatable bonds is 4. The highest BCUT2D eigenvalue weighted by Crippen LogP contribution is 2.19. The van der Waals surface area contributed by atoms with Crippen LogP contribution in [0.3, 0.4) is 0 Å². The van der Waals surface area contributed by atoms with Crippen molar-refractivity contribution in [2.24, 2.45) is 5.92 Å². The van der Waals surface area contributed by atoms with Gasteiger partial charge >= 0.3 is 0 Å². The maximum absolute atomic E-state index is 3.92. The largest absolute Gasteiger partial charge is 0.0622 e. The van der Waals surface area contributed by atoms with Crippen molar-refractivity contribution in [3.8, 4) is 0 Å². The Morgan fingerprint density at radius 3 is 2.56 bits per heavy atom. The van der Waals surface area contributed by atoms with Crippen molar-refractivity contribution in [2.45, 2.75) is 26.2 Å². The van der Waals surface area contributed by atoms with E-state index >= 15 is 0 Å². The summed E-state index contributed by atoms with van der Waals surface area (Å²) < 4.78 is 0. The van der Waals surface area contributed by atoms with Crippen molar-refractivity contribution in [3.63, 3.8) is 0 Å². The van der Waals surface area contributed by atoms with Gasteiger partial charge < -0.3 is 0 Å². The molecule has 0 amide bonds. The van der Waals surface area contributed by atoms with Gasteiger partial charge in [0.25, 0.3) is 0 Å². The van der Waals surface area contributed by atoms with Gasteiger partial charge in [0.2, 0.25) is 0 Å². The highest BCUT2D eigenvalue weighted by Gasteiger charge is 2.03. The van der Waals surface area contributed by atoms with Crippen LogP contribution >= 0.6 is 0 Å². The van der Waals surface area contributed by atoms with Gasteiger partial charge in [0.1, 0.15) is 0 Å². The van der Waals surface area contributed by atoms with E-state index in [2.05, 4.69) is 56.3 Å². The molecule has 0 aromatic heterocycles. The summed E-state index contributed by atoms with van der Waals surface area (Å²) in [4.78, 5) is 0. The fraction of sp³-hybridized carbons (Fsp3) is 0.312. The summed E-state index contributed by atoms with van der Waals surface area (Å²) >= 11 is 0. The first-order valence-corrected chi connectivity index (χ1v) is 6.06. The van der Waals surface area contributed by atoms with Crippen LogP contribution in [0.1, 0.15) is 25.3 Å². The highest BCUT2D eigenvalue weighted by atomic mass is 14.1. The summed E-state index contributed by atoms with van der Waals surface area (Å²) in [5.74, 6) is 0.735. The van der Waals surface area contributed by atoms with E-state index in [-0.39, 0.29) is 0 Å². The summed E-state index contributed by atoms with van der Waals surface area (Å²) in [5, 5.41) is 2.68. The molecule has 0 N–H and O–H groups in total. The Kier molecular flexibility index (Phi) is 3.61. The summed E-state index contributed by atoms with van der Waals surface area (Å²) in [7, 11) is 0. The average molecular weight is 211 g/mol. The van der Waals surface area contributed by atoms with Crippen molar-refractivity contribution in [1.29, 1.82) is 0 Å². The molecular formula is C16H19. The van der Waals surface area contributed by atoms with Gasteiger partial charge in [-0.2, -0.15) is 0 Å². The van der Waals surface area contributed by atoms with Crippen LogP contribution in [-0.2, 0) is 6.42 Å². The summed E-state index contributed by atoms with van der Waals surface area (Å²) in [6, 6.07) is 15.3. The first kappa shape index (κ1) is 11.2. The lowest BCUT2D eigenvalue weighted by Crippen LogP contribution is -1.98. The van der Waals surface area contributed by atoms with E-state index in [1.807, 2.05) is 0 Å². The molecular weight excluding hydrogens is 192 g/mol. The van der Waals surface area contributed by atoms with Crippen LogP contribution < -0.4 is 0 Å². The Bertz CT molecular complexity index is 456. The van der Waals surface area contributed by atoms with Crippen LogP contribution in [0.25, 0.3) is 10.8 Å². The third-order valence-corrected chi connectivity index (χ3v) is 3.09. The van der Waals surface area contributed by atoms with Crippen LogP contribution in [-0.4, -0.2) is 0 Å². The predicted octanol–water partition coefficient (Wildman–Crippen LogP) is 4.63. The molecule has 0 heteroatoms. The molecule has 1 radical (unpaired) electrons. The zero-order valence-electron chi connectivity index (χ0n) is 9.95. The van der Waals surface area contributed by atoms with Gasteiger partial charge in [0.05, 0.1) is 0 Å². The second kappa shape index (κ2) is 5.16. The molecule has 0 spiro atoms. The summed E-state index contributed by atoms with van der Waals surface area (Å²) in [6.45, 7) is 6.22. The van der Waals surface area contributed by atoms with Crippen LogP contribution in [0, 0.1) is 12.8 Å². The first-order valence-electron chi connectivity index (χ1n) is 6.06. The van der Waals surface area contributed by atoms with Gasteiger partial charge in [0, 0.05) is 0 Å². The normalized spacial score (nSPS) is 12.9. The minimum absolute atomic E-state index is 0.735. The molecule has 0 saturated heterocycles. The molecule has 83 valence electrons. The molecule has 0 fully saturated rings. The number of benzene rings is 2. The smallest absolute Gasteiger partial charge is 0.0181 e. The van der Waals surface area contributed by atoms with Crippen molar-refractivity contribution >= 4 is 10.8 Å². The van der Waals surface area contributed by atoms with Gasteiger partial charge in [-0.3, -0.25) is 0 Å². The van der Waals surface area contributed by atoms with E-state index in [9.17, 15) is 0 Å². The highest BCUT2D eigenvalue weighted by molar-refractivity contribution is 5.82. The van der Waals surface area contributed by atoms with Crippen LogP contribution in [0.5, 0.6) is 0 Å². The predicted molar refractivity (Wildman–Crippen MR) is 71.4 cm³/mol. The summed E-state index contributed by atoms with van der Waals surface area (Å²) in [5.41, 5.74) is 1.44. The number of fused-ring (bicyclic) bond motifs is 1. The van der Waals surface area contributed by atoms with Crippen LogP contribution in [0.2, 0.25) is 0 Å². The van der Waals surface area contributed by atoms with Crippen LogP contribution in [0.4, 0.5) is 0 Å². The lowest BCUT2D eigenvalue weighted by molar-refractivity contribution is 0.535. The lowest BCUT2D eigenvalue weighted by atomic mass is 9.95. The fourth-order valence-corrected chi connectivity index (χ4v) is 2.22. The van der Waals surface area contributed by atoms with Gasteiger partial charge in [0.15, 0.2) is 0 Å². The molecule has 0 nitrogen and oxygen atoms in total. The topological polar surface area (TPSA) is 0 Å². The quantitative estimate of drug-likeness (QED) is 0.691.